The minimum atomic E-state index is -1.11. The fraction of sp³-hybridized carbons (Fsp3) is 0.389. The predicted octanol–water partition coefficient (Wildman–Crippen LogP) is 0.592. The van der Waals surface area contributed by atoms with E-state index in [2.05, 4.69) is 5.32 Å². The molecule has 0 bridgehead atoms. The predicted molar refractivity (Wildman–Crippen MR) is 93.4 cm³/mol. The molecule has 0 spiro atoms. The first kappa shape index (κ1) is 17.0. The fourth-order valence-corrected chi connectivity index (χ4v) is 3.46. The Kier molecular flexibility index (Phi) is 4.23. The first-order chi connectivity index (χ1) is 11.9. The third-order valence-electron chi connectivity index (χ3n) is 4.88. The Morgan fingerprint density at radius 3 is 2.72 bits per heavy atom. The maximum absolute atomic E-state index is 12.1. The van der Waals surface area contributed by atoms with Crippen LogP contribution in [-0.4, -0.2) is 20.8 Å². The minimum absolute atomic E-state index is 0.110. The van der Waals surface area contributed by atoms with Crippen LogP contribution in [0.15, 0.2) is 33.9 Å². The Morgan fingerprint density at radius 2 is 2.00 bits per heavy atom. The second kappa shape index (κ2) is 6.22. The van der Waals surface area contributed by atoms with Crippen LogP contribution in [0.25, 0.3) is 0 Å². The van der Waals surface area contributed by atoms with Crippen LogP contribution in [0.1, 0.15) is 29.5 Å². The maximum Gasteiger partial charge on any atom is 0.332 e. The van der Waals surface area contributed by atoms with E-state index in [1.54, 1.807) is 0 Å². The molecule has 2 aromatic rings. The second-order valence-corrected chi connectivity index (χ2v) is 6.44. The summed E-state index contributed by atoms with van der Waals surface area (Å²) in [6.07, 6.45) is 2.32. The van der Waals surface area contributed by atoms with Gasteiger partial charge in [-0.25, -0.2) is 4.79 Å². The maximum atomic E-state index is 12.1. The number of nitrogens with one attached hydrogen (secondary N) is 1. The van der Waals surface area contributed by atoms with Crippen LogP contribution in [0.2, 0.25) is 0 Å². The van der Waals surface area contributed by atoms with Crippen molar-refractivity contribution in [2.24, 2.45) is 14.1 Å². The molecule has 1 aliphatic carbocycles. The number of benzene rings is 1. The lowest BCUT2D eigenvalue weighted by Gasteiger charge is -2.35. The molecule has 1 atom stereocenters. The molecule has 0 saturated heterocycles. The Bertz CT molecular complexity index is 983. The highest BCUT2D eigenvalue weighted by atomic mass is 16.3. The number of fused-ring (bicyclic) bond motifs is 1. The number of aryl methyl sites for hydroxylation is 1. The van der Waals surface area contributed by atoms with Gasteiger partial charge in [0.2, 0.25) is 0 Å². The topological polar surface area (TPSA) is 100 Å². The summed E-state index contributed by atoms with van der Waals surface area (Å²) < 4.78 is 2.12. The van der Waals surface area contributed by atoms with Gasteiger partial charge in [0.15, 0.2) is 5.56 Å². The molecule has 1 heterocycles. The lowest BCUT2D eigenvalue weighted by Crippen LogP contribution is -2.42. The number of aliphatic hydroxyl groups is 1. The number of aromatic nitrogens is 2. The summed E-state index contributed by atoms with van der Waals surface area (Å²) in [5, 5.41) is 23.4. The number of nitriles is 1. The van der Waals surface area contributed by atoms with Crippen LogP contribution in [-0.2, 0) is 26.1 Å². The van der Waals surface area contributed by atoms with Crippen LogP contribution < -0.4 is 16.6 Å². The standard InChI is InChI=1S/C18H20N4O3/c1-21-15(13(10-19)16(23)22(2)17(21)24)20-11-18(25)9-5-7-12-6-3-4-8-14(12)18/h3-4,6,8,20,25H,5,7,9,11H2,1-2H3. The van der Waals surface area contributed by atoms with Crippen LogP contribution in [0.3, 0.4) is 0 Å². The molecule has 0 saturated carbocycles. The van der Waals surface area contributed by atoms with Crippen molar-refractivity contribution in [2.75, 3.05) is 11.9 Å². The van der Waals surface area contributed by atoms with E-state index in [9.17, 15) is 20.0 Å². The molecule has 1 aromatic carbocycles. The smallest absolute Gasteiger partial charge is 0.332 e. The van der Waals surface area contributed by atoms with Gasteiger partial charge in [-0.1, -0.05) is 24.3 Å². The second-order valence-electron chi connectivity index (χ2n) is 6.44. The van der Waals surface area contributed by atoms with Crippen molar-refractivity contribution in [1.82, 2.24) is 9.13 Å². The summed E-state index contributed by atoms with van der Waals surface area (Å²) in [5.74, 6) is 0.132. The van der Waals surface area contributed by atoms with Gasteiger partial charge in [-0.2, -0.15) is 5.26 Å². The fourth-order valence-electron chi connectivity index (χ4n) is 3.46. The summed E-state index contributed by atoms with van der Waals surface area (Å²) in [6.45, 7) is 0.110. The average Bonchev–Trinajstić information content (AvgIpc) is 2.62. The summed E-state index contributed by atoms with van der Waals surface area (Å²) in [6, 6.07) is 9.56. The molecule has 2 N–H and O–H groups in total. The van der Waals surface area contributed by atoms with Gasteiger partial charge >= 0.3 is 5.69 Å². The van der Waals surface area contributed by atoms with Gasteiger partial charge in [-0.05, 0) is 30.4 Å². The van der Waals surface area contributed by atoms with Gasteiger partial charge in [-0.15, -0.1) is 0 Å². The lowest BCUT2D eigenvalue weighted by atomic mass is 9.79. The Balaban J connectivity index is 2.00. The Morgan fingerprint density at radius 1 is 1.28 bits per heavy atom. The van der Waals surface area contributed by atoms with Crippen molar-refractivity contribution in [2.45, 2.75) is 24.9 Å². The summed E-state index contributed by atoms with van der Waals surface area (Å²) in [7, 11) is 2.82. The number of anilines is 1. The van der Waals surface area contributed by atoms with E-state index >= 15 is 0 Å². The molecule has 130 valence electrons. The molecule has 0 aliphatic heterocycles. The van der Waals surface area contributed by atoms with E-state index < -0.39 is 16.9 Å². The molecule has 3 rings (SSSR count). The zero-order chi connectivity index (χ0) is 18.2. The van der Waals surface area contributed by atoms with E-state index in [1.807, 2.05) is 30.3 Å². The van der Waals surface area contributed by atoms with Crippen molar-refractivity contribution in [3.05, 3.63) is 61.8 Å². The monoisotopic (exact) mass is 340 g/mol. The number of hydrogen-bond acceptors (Lipinski definition) is 5. The van der Waals surface area contributed by atoms with E-state index in [1.165, 1.54) is 18.7 Å². The highest BCUT2D eigenvalue weighted by molar-refractivity contribution is 5.52. The number of nitrogens with zero attached hydrogens (tertiary/aromatic N) is 3. The molecule has 1 unspecified atom stereocenters. The molecule has 0 fully saturated rings. The van der Waals surface area contributed by atoms with Crippen LogP contribution >= 0.6 is 0 Å². The summed E-state index contributed by atoms with van der Waals surface area (Å²) in [4.78, 5) is 24.3. The van der Waals surface area contributed by atoms with Gasteiger partial charge in [-0.3, -0.25) is 13.9 Å². The molecular weight excluding hydrogens is 320 g/mol. The molecular formula is C18H20N4O3. The lowest BCUT2D eigenvalue weighted by molar-refractivity contribution is 0.0321. The van der Waals surface area contributed by atoms with E-state index in [0.29, 0.717) is 6.42 Å². The van der Waals surface area contributed by atoms with Gasteiger partial charge in [0.1, 0.15) is 17.5 Å². The van der Waals surface area contributed by atoms with Gasteiger partial charge < -0.3 is 10.4 Å². The third kappa shape index (κ3) is 2.75. The normalized spacial score (nSPS) is 19.1. The van der Waals surface area contributed by atoms with Crippen molar-refractivity contribution in [3.8, 4) is 6.07 Å². The average molecular weight is 340 g/mol. The van der Waals surface area contributed by atoms with Crippen LogP contribution in [0, 0.1) is 11.3 Å². The van der Waals surface area contributed by atoms with E-state index in [-0.39, 0.29) is 17.9 Å². The molecule has 0 amide bonds. The van der Waals surface area contributed by atoms with Crippen molar-refractivity contribution >= 4 is 5.82 Å². The van der Waals surface area contributed by atoms with Gasteiger partial charge in [0.25, 0.3) is 5.56 Å². The van der Waals surface area contributed by atoms with Crippen molar-refractivity contribution < 1.29 is 5.11 Å². The number of rotatable bonds is 3. The van der Waals surface area contributed by atoms with Crippen LogP contribution in [0.5, 0.6) is 0 Å². The Labute approximate surface area is 144 Å². The first-order valence-electron chi connectivity index (χ1n) is 8.14. The third-order valence-corrected chi connectivity index (χ3v) is 4.88. The van der Waals surface area contributed by atoms with Crippen molar-refractivity contribution in [3.63, 3.8) is 0 Å². The molecule has 7 nitrogen and oxygen atoms in total. The van der Waals surface area contributed by atoms with Gasteiger partial charge in [0.05, 0.1) is 0 Å². The van der Waals surface area contributed by atoms with Crippen molar-refractivity contribution in [1.29, 1.82) is 5.26 Å². The van der Waals surface area contributed by atoms with Crippen LogP contribution in [0.4, 0.5) is 5.82 Å². The first-order valence-corrected chi connectivity index (χ1v) is 8.14. The SMILES string of the molecule is Cn1c(NCC2(O)CCCc3ccccc32)c(C#N)c(=O)n(C)c1=O. The Hall–Kier alpha value is -2.85. The highest BCUT2D eigenvalue weighted by Gasteiger charge is 2.34. The molecule has 25 heavy (non-hydrogen) atoms. The zero-order valence-electron chi connectivity index (χ0n) is 14.2. The quantitative estimate of drug-likeness (QED) is 0.852. The van der Waals surface area contributed by atoms with E-state index in [4.69, 9.17) is 0 Å². The van der Waals surface area contributed by atoms with E-state index in [0.717, 1.165) is 28.5 Å². The van der Waals surface area contributed by atoms with Gasteiger partial charge in [0, 0.05) is 20.6 Å². The largest absolute Gasteiger partial charge is 0.383 e. The molecule has 7 heteroatoms. The highest BCUT2D eigenvalue weighted by Crippen LogP contribution is 2.35. The zero-order valence-corrected chi connectivity index (χ0v) is 14.2. The summed E-state index contributed by atoms with van der Waals surface area (Å²) >= 11 is 0. The number of hydrogen-bond donors (Lipinski definition) is 2. The minimum Gasteiger partial charge on any atom is -0.383 e. The molecule has 0 radical (unpaired) electrons. The molecule has 1 aliphatic rings. The molecule has 1 aromatic heterocycles. The summed E-state index contributed by atoms with van der Waals surface area (Å²) in [5.41, 5.74) is -0.486.